The molecular weight excluding hydrogens is 532 g/mol. The minimum Gasteiger partial charge on any atom is -0.456 e. The quantitative estimate of drug-likeness (QED) is 0.202. The monoisotopic (exact) mass is 566 g/mol. The molecule has 0 unspecified atom stereocenters. The number of aryl methyl sites for hydroxylation is 1. The van der Waals surface area contributed by atoms with Gasteiger partial charge in [-0.05, 0) is 105 Å². The van der Waals surface area contributed by atoms with E-state index in [9.17, 15) is 0 Å². The maximum absolute atomic E-state index is 6.41. The maximum Gasteiger partial charge on any atom is 0.138 e. The number of benzene rings is 6. The van der Waals surface area contributed by atoms with E-state index in [1.165, 1.54) is 38.6 Å². The van der Waals surface area contributed by atoms with E-state index in [1.54, 1.807) is 0 Å². The van der Waals surface area contributed by atoms with E-state index in [4.69, 9.17) is 11.0 Å². The first kappa shape index (κ1) is 27.4. The Morgan fingerprint density at radius 2 is 1.25 bits per heavy atom. The highest BCUT2D eigenvalue weighted by molar-refractivity contribution is 6.10. The van der Waals surface area contributed by atoms with Gasteiger partial charge < -0.3 is 4.42 Å². The third-order valence-electron chi connectivity index (χ3n) is 8.66. The molecule has 7 rings (SSSR count). The van der Waals surface area contributed by atoms with Gasteiger partial charge >= 0.3 is 0 Å². The van der Waals surface area contributed by atoms with Crippen LogP contribution in [-0.4, -0.2) is 0 Å². The van der Waals surface area contributed by atoms with Crippen LogP contribution < -0.4 is 10.4 Å². The molecule has 1 heteroatoms. The average Bonchev–Trinajstić information content (AvgIpc) is 3.44. The zero-order valence-electron chi connectivity index (χ0n) is 25.4. The van der Waals surface area contributed by atoms with Crippen LogP contribution >= 0.6 is 0 Å². The Hall–Kier alpha value is -5.40. The van der Waals surface area contributed by atoms with Crippen molar-refractivity contribution in [3.8, 4) is 33.4 Å². The Morgan fingerprint density at radius 1 is 0.591 bits per heavy atom. The van der Waals surface area contributed by atoms with Crippen LogP contribution in [0.4, 0.5) is 0 Å². The fourth-order valence-electron chi connectivity index (χ4n) is 6.49. The van der Waals surface area contributed by atoms with Crippen molar-refractivity contribution in [3.63, 3.8) is 0 Å². The molecule has 6 aromatic carbocycles. The molecule has 0 fully saturated rings. The van der Waals surface area contributed by atoms with Gasteiger partial charge in [-0.1, -0.05) is 128 Å². The van der Waals surface area contributed by atoms with Crippen molar-refractivity contribution < 1.29 is 4.42 Å². The summed E-state index contributed by atoms with van der Waals surface area (Å²) in [6.07, 6.45) is 10.6. The molecule has 1 heterocycles. The predicted octanol–water partition coefficient (Wildman–Crippen LogP) is 10.8. The second-order valence-corrected chi connectivity index (χ2v) is 11.3. The van der Waals surface area contributed by atoms with Gasteiger partial charge in [-0.15, -0.1) is 0 Å². The van der Waals surface area contributed by atoms with Crippen LogP contribution in [0.5, 0.6) is 0 Å². The van der Waals surface area contributed by atoms with Crippen molar-refractivity contribution in [2.24, 2.45) is 0 Å². The lowest BCUT2D eigenvalue weighted by atomic mass is 9.87. The molecule has 0 aliphatic heterocycles. The highest BCUT2D eigenvalue weighted by atomic mass is 16.3. The summed E-state index contributed by atoms with van der Waals surface area (Å²) < 4.78 is 6.41. The molecule has 0 N–H and O–H groups in total. The zero-order valence-corrected chi connectivity index (χ0v) is 25.4. The minimum absolute atomic E-state index is 0.898. The number of rotatable bonds is 5. The molecule has 1 nitrogen and oxygen atoms in total. The Labute approximate surface area is 258 Å². The first-order valence-corrected chi connectivity index (χ1v) is 15.2. The molecule has 0 aliphatic carbocycles. The first-order chi connectivity index (χ1) is 21.6. The van der Waals surface area contributed by atoms with Gasteiger partial charge in [0.25, 0.3) is 0 Å². The molecule has 0 radical (unpaired) electrons. The smallest absolute Gasteiger partial charge is 0.138 e. The van der Waals surface area contributed by atoms with Gasteiger partial charge in [0.05, 0.1) is 0 Å². The summed E-state index contributed by atoms with van der Waals surface area (Å²) in [5.74, 6) is 0. The first-order valence-electron chi connectivity index (χ1n) is 15.2. The van der Waals surface area contributed by atoms with Crippen molar-refractivity contribution in [3.05, 3.63) is 149 Å². The zero-order chi connectivity index (χ0) is 30.2. The van der Waals surface area contributed by atoms with E-state index in [0.717, 1.165) is 49.1 Å². The average molecular weight is 567 g/mol. The van der Waals surface area contributed by atoms with Crippen LogP contribution in [0.1, 0.15) is 25.0 Å². The summed E-state index contributed by atoms with van der Waals surface area (Å²) in [4.78, 5) is 0. The lowest BCUT2D eigenvalue weighted by molar-refractivity contribution is 0.665. The SMILES string of the molecule is C=c1c(-c2ccc3oc4c(C)c(/C=C\C)ccc4c3c2)c2ccccc2c(-c2ccc(-c3ccccc3)cc2)/c1=C/C=C\C. The van der Waals surface area contributed by atoms with Crippen molar-refractivity contribution in [1.29, 1.82) is 0 Å². The number of fused-ring (bicyclic) bond motifs is 4. The fourth-order valence-corrected chi connectivity index (χ4v) is 6.49. The number of furan rings is 1. The standard InChI is InChI=1S/C43H34O/c1-5-7-16-35-29(4)41(34-24-26-40-39(27-34)38-25-23-30(13-6-2)28(3)43(38)44-40)36-17-11-12-18-37(36)42(35)33-21-19-32(20-22-33)31-14-9-8-10-15-31/h5-27H,4H2,1-3H3/b7-5-,13-6-,35-16+. The molecule has 0 aliphatic rings. The lowest BCUT2D eigenvalue weighted by Crippen LogP contribution is -2.28. The van der Waals surface area contributed by atoms with Crippen molar-refractivity contribution >= 4 is 51.4 Å². The van der Waals surface area contributed by atoms with E-state index < -0.39 is 0 Å². The van der Waals surface area contributed by atoms with Gasteiger partial charge in [-0.25, -0.2) is 0 Å². The van der Waals surface area contributed by atoms with Gasteiger partial charge in [0.2, 0.25) is 0 Å². The molecule has 0 spiro atoms. The summed E-state index contributed by atoms with van der Waals surface area (Å²) in [6.45, 7) is 11.0. The Morgan fingerprint density at radius 3 is 1.98 bits per heavy atom. The molecule has 1 aromatic heterocycles. The number of allylic oxidation sites excluding steroid dienone is 3. The molecule has 212 valence electrons. The molecular formula is C43H34O. The Kier molecular flexibility index (Phi) is 7.08. The topological polar surface area (TPSA) is 13.1 Å². The van der Waals surface area contributed by atoms with E-state index in [0.29, 0.717) is 0 Å². The van der Waals surface area contributed by atoms with Crippen molar-refractivity contribution in [2.75, 3.05) is 0 Å². The van der Waals surface area contributed by atoms with E-state index in [-0.39, 0.29) is 0 Å². The van der Waals surface area contributed by atoms with Crippen molar-refractivity contribution in [2.45, 2.75) is 20.8 Å². The van der Waals surface area contributed by atoms with Crippen molar-refractivity contribution in [1.82, 2.24) is 0 Å². The van der Waals surface area contributed by atoms with Gasteiger partial charge in [-0.3, -0.25) is 0 Å². The number of hydrogen-bond donors (Lipinski definition) is 0. The maximum atomic E-state index is 6.41. The number of hydrogen-bond acceptors (Lipinski definition) is 1. The molecule has 0 amide bonds. The van der Waals surface area contributed by atoms with E-state index in [1.807, 2.05) is 6.92 Å². The largest absolute Gasteiger partial charge is 0.456 e. The summed E-state index contributed by atoms with van der Waals surface area (Å²) >= 11 is 0. The van der Waals surface area contributed by atoms with Gasteiger partial charge in [-0.2, -0.15) is 0 Å². The molecule has 0 atom stereocenters. The van der Waals surface area contributed by atoms with Gasteiger partial charge in [0, 0.05) is 10.8 Å². The lowest BCUT2D eigenvalue weighted by Gasteiger charge is -2.16. The van der Waals surface area contributed by atoms with Crippen LogP contribution in [0.25, 0.3) is 84.8 Å². The van der Waals surface area contributed by atoms with Crippen LogP contribution in [0.2, 0.25) is 0 Å². The highest BCUT2D eigenvalue weighted by Gasteiger charge is 2.17. The minimum atomic E-state index is 0.898. The summed E-state index contributed by atoms with van der Waals surface area (Å²) in [6, 6.07) is 39.1. The second-order valence-electron chi connectivity index (χ2n) is 11.3. The molecule has 0 bridgehead atoms. The van der Waals surface area contributed by atoms with Crippen LogP contribution in [0.15, 0.2) is 132 Å². The Balaban J connectivity index is 1.48. The van der Waals surface area contributed by atoms with Crippen LogP contribution in [0, 0.1) is 6.92 Å². The highest BCUT2D eigenvalue weighted by Crippen LogP contribution is 2.37. The van der Waals surface area contributed by atoms with Gasteiger partial charge in [0.1, 0.15) is 11.2 Å². The van der Waals surface area contributed by atoms with E-state index in [2.05, 4.69) is 153 Å². The van der Waals surface area contributed by atoms with Gasteiger partial charge in [0.15, 0.2) is 0 Å². The van der Waals surface area contributed by atoms with E-state index >= 15 is 0 Å². The summed E-state index contributed by atoms with van der Waals surface area (Å²) in [7, 11) is 0. The molecule has 0 saturated carbocycles. The van der Waals surface area contributed by atoms with Crippen LogP contribution in [0.3, 0.4) is 0 Å². The third-order valence-corrected chi connectivity index (χ3v) is 8.66. The summed E-state index contributed by atoms with van der Waals surface area (Å²) in [5.41, 5.74) is 11.3. The third kappa shape index (κ3) is 4.58. The molecule has 0 saturated heterocycles. The Bertz CT molecular complexity index is 2350. The summed E-state index contributed by atoms with van der Waals surface area (Å²) in [5, 5.41) is 6.81. The fraction of sp³-hybridized carbons (Fsp3) is 0.0698. The molecule has 44 heavy (non-hydrogen) atoms. The molecule has 7 aromatic rings. The normalized spacial score (nSPS) is 12.5. The second kappa shape index (κ2) is 11.4. The van der Waals surface area contributed by atoms with Crippen LogP contribution in [-0.2, 0) is 0 Å². The predicted molar refractivity (Wildman–Crippen MR) is 191 cm³/mol.